The highest BCUT2D eigenvalue weighted by molar-refractivity contribution is 7.98. The smallest absolute Gasteiger partial charge is 0.238 e. The lowest BCUT2D eigenvalue weighted by Crippen LogP contribution is -2.34. The van der Waals surface area contributed by atoms with Crippen LogP contribution in [0.5, 0.6) is 0 Å². The van der Waals surface area contributed by atoms with E-state index in [1.165, 1.54) is 36.1 Å². The molecule has 1 saturated carbocycles. The van der Waals surface area contributed by atoms with Crippen molar-refractivity contribution in [2.75, 3.05) is 19.3 Å². The van der Waals surface area contributed by atoms with Gasteiger partial charge in [-0.3, -0.25) is 10.1 Å². The number of hydrogen-bond donors (Lipinski definition) is 1. The van der Waals surface area contributed by atoms with Crippen LogP contribution in [0.15, 0.2) is 29.2 Å². The van der Waals surface area contributed by atoms with Crippen LogP contribution in [0.2, 0.25) is 0 Å². The minimum absolute atomic E-state index is 0.0685. The van der Waals surface area contributed by atoms with Crippen LogP contribution in [0.4, 0.5) is 0 Å². The maximum Gasteiger partial charge on any atom is 0.238 e. The van der Waals surface area contributed by atoms with Crippen LogP contribution < -0.4 is 5.32 Å². The SMILES string of the molecule is CSc1ccc(C2NCC(=O)N2CC2CCCC2)cc1. The summed E-state index contributed by atoms with van der Waals surface area (Å²) in [5, 5.41) is 3.35. The Kier molecular flexibility index (Phi) is 4.32. The Bertz CT molecular complexity index is 468. The van der Waals surface area contributed by atoms with Crippen LogP contribution in [0.1, 0.15) is 37.4 Å². The van der Waals surface area contributed by atoms with Gasteiger partial charge in [-0.05, 0) is 42.7 Å². The van der Waals surface area contributed by atoms with Crippen LogP contribution in [-0.2, 0) is 4.79 Å². The molecule has 2 fully saturated rings. The Morgan fingerprint density at radius 1 is 1.25 bits per heavy atom. The summed E-state index contributed by atoms with van der Waals surface area (Å²) in [5.74, 6) is 0.947. The molecule has 1 heterocycles. The summed E-state index contributed by atoms with van der Waals surface area (Å²) in [6.07, 6.45) is 7.36. The minimum Gasteiger partial charge on any atom is -0.322 e. The molecule has 0 spiro atoms. The first-order valence-corrected chi connectivity index (χ1v) is 8.67. The highest BCUT2D eigenvalue weighted by atomic mass is 32.2. The maximum atomic E-state index is 12.1. The summed E-state index contributed by atoms with van der Waals surface area (Å²) in [5.41, 5.74) is 1.20. The second kappa shape index (κ2) is 6.19. The quantitative estimate of drug-likeness (QED) is 0.865. The molecule has 1 N–H and O–H groups in total. The number of nitrogens with zero attached hydrogens (tertiary/aromatic N) is 1. The van der Waals surface area contributed by atoms with Gasteiger partial charge < -0.3 is 4.90 Å². The van der Waals surface area contributed by atoms with E-state index in [1.807, 2.05) is 4.90 Å². The Labute approximate surface area is 125 Å². The van der Waals surface area contributed by atoms with E-state index in [9.17, 15) is 4.79 Å². The third-order valence-electron chi connectivity index (χ3n) is 4.44. The van der Waals surface area contributed by atoms with Gasteiger partial charge in [0.2, 0.25) is 5.91 Å². The molecule has 0 radical (unpaired) electrons. The number of amides is 1. The van der Waals surface area contributed by atoms with E-state index in [4.69, 9.17) is 0 Å². The highest BCUT2D eigenvalue weighted by Gasteiger charge is 2.33. The van der Waals surface area contributed by atoms with E-state index in [-0.39, 0.29) is 12.1 Å². The number of benzene rings is 1. The van der Waals surface area contributed by atoms with E-state index in [1.54, 1.807) is 11.8 Å². The Morgan fingerprint density at radius 2 is 1.95 bits per heavy atom. The molecule has 1 aliphatic carbocycles. The second-order valence-corrected chi connectivity index (χ2v) is 6.63. The average molecular weight is 290 g/mol. The minimum atomic E-state index is 0.0685. The lowest BCUT2D eigenvalue weighted by atomic mass is 10.1. The number of carbonyl (C=O) groups excluding carboxylic acids is 1. The van der Waals surface area contributed by atoms with Crippen molar-refractivity contribution in [1.82, 2.24) is 10.2 Å². The average Bonchev–Trinajstić information content (AvgIpc) is 3.11. The predicted molar refractivity (Wildman–Crippen MR) is 82.6 cm³/mol. The first kappa shape index (κ1) is 14.0. The topological polar surface area (TPSA) is 32.3 Å². The molecule has 1 amide bonds. The number of nitrogens with one attached hydrogen (secondary N) is 1. The van der Waals surface area contributed by atoms with Gasteiger partial charge in [0.25, 0.3) is 0 Å². The van der Waals surface area contributed by atoms with Crippen molar-refractivity contribution in [2.45, 2.75) is 36.7 Å². The van der Waals surface area contributed by atoms with Crippen LogP contribution in [0, 0.1) is 5.92 Å². The molecule has 1 unspecified atom stereocenters. The maximum absolute atomic E-state index is 12.1. The predicted octanol–water partition coefficient (Wildman–Crippen LogP) is 3.03. The fraction of sp³-hybridized carbons (Fsp3) is 0.562. The summed E-state index contributed by atoms with van der Waals surface area (Å²) in [4.78, 5) is 15.4. The van der Waals surface area contributed by atoms with Crippen molar-refractivity contribution in [3.8, 4) is 0 Å². The zero-order chi connectivity index (χ0) is 13.9. The van der Waals surface area contributed by atoms with Crippen molar-refractivity contribution < 1.29 is 4.79 Å². The molecule has 3 nitrogen and oxygen atoms in total. The van der Waals surface area contributed by atoms with Gasteiger partial charge in [-0.15, -0.1) is 11.8 Å². The summed E-state index contributed by atoms with van der Waals surface area (Å²) >= 11 is 1.75. The molecular formula is C16H22N2OS. The molecule has 2 aliphatic rings. The molecule has 0 bridgehead atoms. The van der Waals surface area contributed by atoms with Crippen molar-refractivity contribution in [2.24, 2.45) is 5.92 Å². The van der Waals surface area contributed by atoms with Gasteiger partial charge in [-0.2, -0.15) is 0 Å². The standard InChI is InChI=1S/C16H22N2OS/c1-20-14-8-6-13(7-9-14)16-17-10-15(19)18(16)11-12-4-2-3-5-12/h6-9,12,16-17H,2-5,10-11H2,1H3. The van der Waals surface area contributed by atoms with Gasteiger partial charge in [0.1, 0.15) is 6.17 Å². The Morgan fingerprint density at radius 3 is 2.60 bits per heavy atom. The van der Waals surface area contributed by atoms with E-state index >= 15 is 0 Å². The first-order valence-electron chi connectivity index (χ1n) is 7.45. The molecule has 20 heavy (non-hydrogen) atoms. The zero-order valence-electron chi connectivity index (χ0n) is 12.0. The van der Waals surface area contributed by atoms with E-state index in [2.05, 4.69) is 35.8 Å². The Balaban J connectivity index is 1.74. The lowest BCUT2D eigenvalue weighted by Gasteiger charge is -2.27. The molecule has 1 aromatic carbocycles. The molecule has 0 aromatic heterocycles. The molecule has 108 valence electrons. The van der Waals surface area contributed by atoms with Crippen molar-refractivity contribution >= 4 is 17.7 Å². The number of rotatable bonds is 4. The Hall–Kier alpha value is -1.00. The molecule has 3 rings (SSSR count). The number of thioether (sulfide) groups is 1. The third kappa shape index (κ3) is 2.86. The molecule has 1 atom stereocenters. The lowest BCUT2D eigenvalue weighted by molar-refractivity contribution is -0.128. The van der Waals surface area contributed by atoms with E-state index < -0.39 is 0 Å². The third-order valence-corrected chi connectivity index (χ3v) is 5.18. The molecule has 1 aliphatic heterocycles. The zero-order valence-corrected chi connectivity index (χ0v) is 12.8. The van der Waals surface area contributed by atoms with Crippen molar-refractivity contribution in [1.29, 1.82) is 0 Å². The van der Waals surface area contributed by atoms with Gasteiger partial charge >= 0.3 is 0 Å². The fourth-order valence-electron chi connectivity index (χ4n) is 3.30. The summed E-state index contributed by atoms with van der Waals surface area (Å²) in [6.45, 7) is 1.39. The van der Waals surface area contributed by atoms with Crippen LogP contribution in [0.25, 0.3) is 0 Å². The van der Waals surface area contributed by atoms with Gasteiger partial charge in [0.05, 0.1) is 6.54 Å². The monoisotopic (exact) mass is 290 g/mol. The van der Waals surface area contributed by atoms with Gasteiger partial charge in [-0.1, -0.05) is 25.0 Å². The largest absolute Gasteiger partial charge is 0.322 e. The van der Waals surface area contributed by atoms with Gasteiger partial charge in [0, 0.05) is 11.4 Å². The first-order chi connectivity index (χ1) is 9.78. The molecule has 1 aromatic rings. The van der Waals surface area contributed by atoms with Crippen molar-refractivity contribution in [3.05, 3.63) is 29.8 Å². The van der Waals surface area contributed by atoms with Gasteiger partial charge in [-0.25, -0.2) is 0 Å². The van der Waals surface area contributed by atoms with Crippen LogP contribution >= 0.6 is 11.8 Å². The normalized spacial score (nSPS) is 23.8. The van der Waals surface area contributed by atoms with Crippen LogP contribution in [0.3, 0.4) is 0 Å². The van der Waals surface area contributed by atoms with E-state index in [0.717, 1.165) is 6.54 Å². The highest BCUT2D eigenvalue weighted by Crippen LogP contribution is 2.30. The summed E-state index contributed by atoms with van der Waals surface area (Å²) in [6, 6.07) is 8.56. The summed E-state index contributed by atoms with van der Waals surface area (Å²) < 4.78 is 0. The van der Waals surface area contributed by atoms with Crippen LogP contribution in [-0.4, -0.2) is 30.2 Å². The number of hydrogen-bond acceptors (Lipinski definition) is 3. The van der Waals surface area contributed by atoms with E-state index in [0.29, 0.717) is 12.5 Å². The summed E-state index contributed by atoms with van der Waals surface area (Å²) in [7, 11) is 0. The van der Waals surface area contributed by atoms with Gasteiger partial charge in [0.15, 0.2) is 0 Å². The number of carbonyl (C=O) groups is 1. The fourth-order valence-corrected chi connectivity index (χ4v) is 3.71. The molecular weight excluding hydrogens is 268 g/mol. The molecule has 4 heteroatoms. The second-order valence-electron chi connectivity index (χ2n) is 5.75. The van der Waals surface area contributed by atoms with Crippen molar-refractivity contribution in [3.63, 3.8) is 0 Å². The molecule has 1 saturated heterocycles.